The maximum absolute atomic E-state index is 14.9. The van der Waals surface area contributed by atoms with E-state index in [9.17, 15) is 18.0 Å². The van der Waals surface area contributed by atoms with Gasteiger partial charge in [0.05, 0.1) is 29.7 Å². The molecular weight excluding hydrogens is 523 g/mol. The Bertz CT molecular complexity index is 1760. The molecule has 0 spiro atoms. The minimum atomic E-state index is -0.894. The van der Waals surface area contributed by atoms with E-state index in [-0.39, 0.29) is 35.8 Å². The lowest BCUT2D eigenvalue weighted by Gasteiger charge is -2.20. The van der Waals surface area contributed by atoms with Gasteiger partial charge in [-0.1, -0.05) is 18.2 Å². The summed E-state index contributed by atoms with van der Waals surface area (Å²) in [7, 11) is 0. The third-order valence-electron chi connectivity index (χ3n) is 7.08. The number of H-pyrrole nitrogens is 1. The van der Waals surface area contributed by atoms with Crippen LogP contribution >= 0.6 is 0 Å². The van der Waals surface area contributed by atoms with Crippen molar-refractivity contribution in [3.05, 3.63) is 101 Å². The number of aromatic amines is 1. The maximum Gasteiger partial charge on any atom is 0.310 e. The molecule has 7 nitrogen and oxygen atoms in total. The van der Waals surface area contributed by atoms with Crippen LogP contribution in [0.4, 0.5) is 13.2 Å². The van der Waals surface area contributed by atoms with Crippen molar-refractivity contribution in [3.8, 4) is 22.9 Å². The fourth-order valence-electron chi connectivity index (χ4n) is 5.01. The van der Waals surface area contributed by atoms with E-state index in [1.807, 2.05) is 25.1 Å². The Morgan fingerprint density at radius 3 is 2.80 bits per heavy atom. The molecule has 3 heterocycles. The van der Waals surface area contributed by atoms with Crippen molar-refractivity contribution in [1.29, 1.82) is 0 Å². The lowest BCUT2D eigenvalue weighted by Crippen LogP contribution is -2.26. The molecule has 1 aliphatic rings. The van der Waals surface area contributed by atoms with E-state index >= 15 is 0 Å². The van der Waals surface area contributed by atoms with Crippen LogP contribution in [0.25, 0.3) is 16.6 Å². The molecule has 6 rings (SSSR count). The van der Waals surface area contributed by atoms with E-state index in [0.29, 0.717) is 29.1 Å². The smallest absolute Gasteiger partial charge is 0.310 e. The van der Waals surface area contributed by atoms with Gasteiger partial charge in [-0.25, -0.2) is 17.9 Å². The molecule has 5 aromatic rings. The molecule has 1 aliphatic heterocycles. The second-order valence-electron chi connectivity index (χ2n) is 9.70. The average Bonchev–Trinajstić information content (AvgIpc) is 3.68. The van der Waals surface area contributed by atoms with Crippen molar-refractivity contribution in [2.75, 3.05) is 13.2 Å². The summed E-state index contributed by atoms with van der Waals surface area (Å²) in [5.41, 5.74) is 1.83. The normalized spacial score (nSPS) is 16.1. The molecule has 2 aromatic heterocycles. The Balaban J connectivity index is 1.31. The topological polar surface area (TPSA) is 78.4 Å². The molecule has 0 saturated heterocycles. The zero-order valence-corrected chi connectivity index (χ0v) is 21.6. The van der Waals surface area contributed by atoms with Crippen LogP contribution in [0.3, 0.4) is 0 Å². The molecule has 0 aliphatic carbocycles. The second-order valence-corrected chi connectivity index (χ2v) is 9.70. The largest absolute Gasteiger partial charge is 0.492 e. The molecule has 0 bridgehead atoms. The van der Waals surface area contributed by atoms with Crippen LogP contribution in [0, 0.1) is 17.5 Å². The molecule has 0 unspecified atom stereocenters. The predicted octanol–water partition coefficient (Wildman–Crippen LogP) is 6.37. The molecule has 10 heteroatoms. The molecule has 204 valence electrons. The summed E-state index contributed by atoms with van der Waals surface area (Å²) in [6, 6.07) is 13.7. The Labute approximate surface area is 227 Å². The number of nitrogens with one attached hydrogen (secondary N) is 1. The van der Waals surface area contributed by atoms with Crippen LogP contribution in [0.1, 0.15) is 30.7 Å². The summed E-state index contributed by atoms with van der Waals surface area (Å²) in [5, 5.41) is 4.80. The minimum absolute atomic E-state index is 0.0329. The van der Waals surface area contributed by atoms with Gasteiger partial charge in [-0.15, -0.1) is 0 Å². The van der Waals surface area contributed by atoms with Crippen LogP contribution in [0.5, 0.6) is 17.2 Å². The number of esters is 1. The lowest BCUT2D eigenvalue weighted by atomic mass is 9.81. The Morgan fingerprint density at radius 2 is 1.98 bits per heavy atom. The predicted molar refractivity (Wildman–Crippen MR) is 141 cm³/mol. The molecule has 0 amide bonds. The highest BCUT2D eigenvalue weighted by molar-refractivity contribution is 5.82. The third kappa shape index (κ3) is 4.25. The number of fused-ring (bicyclic) bond motifs is 2. The molecule has 40 heavy (non-hydrogen) atoms. The van der Waals surface area contributed by atoms with E-state index in [0.717, 1.165) is 17.7 Å². The third-order valence-corrected chi connectivity index (χ3v) is 7.08. The zero-order valence-electron chi connectivity index (χ0n) is 21.6. The molecule has 1 N–H and O–H groups in total. The fourth-order valence-corrected chi connectivity index (χ4v) is 5.01. The van der Waals surface area contributed by atoms with Crippen LogP contribution < -0.4 is 9.47 Å². The van der Waals surface area contributed by atoms with Crippen LogP contribution in [-0.2, 0) is 21.4 Å². The number of hydrogen-bond acceptors (Lipinski definition) is 5. The Kier molecular flexibility index (Phi) is 6.25. The first-order valence-electron chi connectivity index (χ1n) is 12.7. The number of halogens is 3. The van der Waals surface area contributed by atoms with Crippen LogP contribution in [-0.4, -0.2) is 33.9 Å². The van der Waals surface area contributed by atoms with Gasteiger partial charge in [0.2, 0.25) is 0 Å². The zero-order chi connectivity index (χ0) is 28.0. The van der Waals surface area contributed by atoms with Gasteiger partial charge in [0.15, 0.2) is 17.4 Å². The number of rotatable bonds is 7. The number of hydrogen-bond donors (Lipinski definition) is 1. The monoisotopic (exact) mass is 547 g/mol. The van der Waals surface area contributed by atoms with Gasteiger partial charge in [0.1, 0.15) is 29.6 Å². The average molecular weight is 548 g/mol. The van der Waals surface area contributed by atoms with Gasteiger partial charge in [-0.3, -0.25) is 4.79 Å². The number of carbonyl (C=O) groups excluding carboxylic acids is 1. The highest BCUT2D eigenvalue weighted by atomic mass is 19.1. The maximum atomic E-state index is 14.9. The number of para-hydroxylation sites is 1. The van der Waals surface area contributed by atoms with E-state index in [1.54, 1.807) is 19.2 Å². The summed E-state index contributed by atoms with van der Waals surface area (Å²) < 4.78 is 62.4. The number of nitrogens with zero attached hydrogens (tertiary/aromatic N) is 2. The van der Waals surface area contributed by atoms with Crippen LogP contribution in [0.15, 0.2) is 67.0 Å². The molecular formula is C30H24F3N3O4. The first kappa shape index (κ1) is 25.5. The summed E-state index contributed by atoms with van der Waals surface area (Å²) >= 11 is 0. The summed E-state index contributed by atoms with van der Waals surface area (Å²) in [6.45, 7) is 4.27. The van der Waals surface area contributed by atoms with E-state index < -0.39 is 28.6 Å². The molecule has 0 radical (unpaired) electrons. The van der Waals surface area contributed by atoms with Crippen molar-refractivity contribution in [1.82, 2.24) is 14.8 Å². The van der Waals surface area contributed by atoms with Gasteiger partial charge in [-0.2, -0.15) is 5.10 Å². The van der Waals surface area contributed by atoms with Gasteiger partial charge in [0, 0.05) is 41.0 Å². The van der Waals surface area contributed by atoms with E-state index in [2.05, 4.69) is 10.1 Å². The fraction of sp³-hybridized carbons (Fsp3) is 0.200. The first-order valence-corrected chi connectivity index (χ1v) is 12.7. The van der Waals surface area contributed by atoms with Crippen molar-refractivity contribution < 1.29 is 32.2 Å². The van der Waals surface area contributed by atoms with E-state index in [4.69, 9.17) is 14.2 Å². The molecule has 0 fully saturated rings. The number of ether oxygens (including phenoxy) is 3. The quantitative estimate of drug-likeness (QED) is 0.240. The van der Waals surface area contributed by atoms with Gasteiger partial charge < -0.3 is 19.2 Å². The van der Waals surface area contributed by atoms with E-state index in [1.165, 1.54) is 29.1 Å². The highest BCUT2D eigenvalue weighted by Crippen LogP contribution is 2.45. The number of benzene rings is 3. The second kappa shape index (κ2) is 9.78. The first-order chi connectivity index (χ1) is 19.3. The van der Waals surface area contributed by atoms with Gasteiger partial charge in [0.25, 0.3) is 0 Å². The van der Waals surface area contributed by atoms with Crippen molar-refractivity contribution in [3.63, 3.8) is 0 Å². The number of aromatic nitrogens is 3. The SMILES string of the molecule is CCOC(=O)Cc1cccc2c1OC[C@]2(C)c1ccn(-c2cc(Oc3c(F)cc4[nH]ccc4c3F)ccc2F)n1. The molecule has 1 atom stereocenters. The van der Waals surface area contributed by atoms with Crippen LogP contribution in [0.2, 0.25) is 0 Å². The Morgan fingerprint density at radius 1 is 1.12 bits per heavy atom. The minimum Gasteiger partial charge on any atom is -0.492 e. The summed E-state index contributed by atoms with van der Waals surface area (Å²) in [5.74, 6) is -2.65. The molecule has 3 aromatic carbocycles. The van der Waals surface area contributed by atoms with Crippen molar-refractivity contribution >= 4 is 16.9 Å². The molecule has 0 saturated carbocycles. The van der Waals surface area contributed by atoms with Crippen molar-refractivity contribution in [2.45, 2.75) is 25.7 Å². The lowest BCUT2D eigenvalue weighted by molar-refractivity contribution is -0.142. The summed E-state index contributed by atoms with van der Waals surface area (Å²) in [4.78, 5) is 14.8. The summed E-state index contributed by atoms with van der Waals surface area (Å²) in [6.07, 6.45) is 3.17. The standard InChI is InChI=1S/C30H24F3N3O4/c1-3-38-26(37)13-17-5-4-6-20-28(17)39-16-30(20,2)25-10-12-36(35-25)24-14-18(7-8-21(24)31)40-29-22(32)15-23-19(27(29)33)9-11-34-23/h4-12,14-15,34H,3,13,16H2,1-2H3/t30-/m0/s1. The van der Waals surface area contributed by atoms with Crippen molar-refractivity contribution in [2.24, 2.45) is 0 Å². The highest BCUT2D eigenvalue weighted by Gasteiger charge is 2.41. The van der Waals surface area contributed by atoms with Gasteiger partial charge >= 0.3 is 5.97 Å². The Hall–Kier alpha value is -4.73. The van der Waals surface area contributed by atoms with Gasteiger partial charge in [-0.05, 0) is 38.1 Å². The number of carbonyl (C=O) groups is 1.